The molecule has 0 aromatic carbocycles. The van der Waals surface area contributed by atoms with Crippen LogP contribution in [-0.2, 0) is 39.8 Å². The number of aliphatic hydroxyl groups excluding tert-OH is 1. The number of unbranched alkanes of at least 4 members (excludes halogenated alkanes) is 1. The van der Waals surface area contributed by atoms with Gasteiger partial charge in [0.25, 0.3) is 0 Å². The van der Waals surface area contributed by atoms with Gasteiger partial charge in [0.2, 0.25) is 0 Å². The molecular weight excluding hydrogens is 686 g/mol. The summed E-state index contributed by atoms with van der Waals surface area (Å²) in [6.07, 6.45) is 0.264. The van der Waals surface area contributed by atoms with E-state index in [0.717, 1.165) is 12.1 Å². The highest BCUT2D eigenvalue weighted by Gasteiger charge is 2.50. The van der Waals surface area contributed by atoms with Crippen LogP contribution in [-0.4, -0.2) is 129 Å². The summed E-state index contributed by atoms with van der Waals surface area (Å²) in [5, 5.41) is 22.9. The zero-order valence-corrected chi connectivity index (χ0v) is 31.8. The number of carbonyl (C=O) groups excluding carboxylic acids is 3. The number of amides is 1. The number of ether oxygens (including phenoxy) is 5. The summed E-state index contributed by atoms with van der Waals surface area (Å²) in [4.78, 5) is 46.3. The number of aromatic nitrogens is 4. The molecule has 0 bridgehead atoms. The summed E-state index contributed by atoms with van der Waals surface area (Å²) < 4.78 is 31.9. The third-order valence-electron chi connectivity index (χ3n) is 10.7. The average Bonchev–Trinajstić information content (AvgIpc) is 3.73. The van der Waals surface area contributed by atoms with E-state index < -0.39 is 72.7 Å². The first kappa shape index (κ1) is 40.6. The number of hydrogen-bond donors (Lipinski definition) is 3. The van der Waals surface area contributed by atoms with Gasteiger partial charge < -0.3 is 39.8 Å². The van der Waals surface area contributed by atoms with Crippen LogP contribution in [0.2, 0.25) is 0 Å². The molecule has 16 nitrogen and oxygen atoms in total. The monoisotopic (exact) mass is 743 g/mol. The lowest BCUT2D eigenvalue weighted by Gasteiger charge is -2.43. The molecule has 0 spiro atoms. The van der Waals surface area contributed by atoms with Gasteiger partial charge in [-0.2, -0.15) is 0 Å². The second kappa shape index (κ2) is 18.2. The van der Waals surface area contributed by atoms with Crippen LogP contribution >= 0.6 is 0 Å². The molecule has 3 aliphatic rings. The normalized spacial score (nSPS) is 34.9. The highest BCUT2D eigenvalue weighted by Crippen LogP contribution is 2.34. The minimum absolute atomic E-state index is 0.00976. The largest absolute Gasteiger partial charge is 0.458 e. The number of carbonyl (C=O) groups is 3. The van der Waals surface area contributed by atoms with E-state index >= 15 is 0 Å². The lowest BCUT2D eigenvalue weighted by Crippen LogP contribution is -2.56. The van der Waals surface area contributed by atoms with Crippen LogP contribution in [0, 0.1) is 5.92 Å². The van der Waals surface area contributed by atoms with Crippen LogP contribution in [0.3, 0.4) is 0 Å². The Morgan fingerprint density at radius 3 is 2.60 bits per heavy atom. The molecule has 3 fully saturated rings. The van der Waals surface area contributed by atoms with Crippen molar-refractivity contribution in [3.05, 3.63) is 30.6 Å². The minimum Gasteiger partial charge on any atom is -0.458 e. The maximum absolute atomic E-state index is 13.5. The highest BCUT2D eigenvalue weighted by molar-refractivity contribution is 5.95. The van der Waals surface area contributed by atoms with Gasteiger partial charge in [-0.05, 0) is 77.5 Å². The molecule has 3 saturated heterocycles. The summed E-state index contributed by atoms with van der Waals surface area (Å²) >= 11 is 0. The summed E-state index contributed by atoms with van der Waals surface area (Å²) in [6.45, 7) is 11.2. The average molecular weight is 744 g/mol. The Morgan fingerprint density at radius 2 is 1.89 bits per heavy atom. The smallest absolute Gasteiger partial charge is 0.410 e. The number of fused-ring (bicyclic) bond motifs is 1. The number of esters is 1. The second-order valence-electron chi connectivity index (χ2n) is 15.0. The van der Waals surface area contributed by atoms with Gasteiger partial charge in [-0.25, -0.2) is 4.79 Å². The number of Topliss-reactive ketones (excluding diaryl/α,β-unsaturated/α-hetero) is 1. The Balaban J connectivity index is 1.30. The van der Waals surface area contributed by atoms with E-state index in [4.69, 9.17) is 29.4 Å². The minimum atomic E-state index is -1.10. The Hall–Kier alpha value is -3.54. The van der Waals surface area contributed by atoms with E-state index in [1.54, 1.807) is 22.9 Å². The van der Waals surface area contributed by atoms with Gasteiger partial charge in [0.15, 0.2) is 12.4 Å². The quantitative estimate of drug-likeness (QED) is 0.182. The van der Waals surface area contributed by atoms with Crippen LogP contribution < -0.4 is 11.1 Å². The zero-order chi connectivity index (χ0) is 38.3. The SMILES string of the molecule is CC[C@H]1OC(=O)CC(=O)C[C@@H](O[C@@H]2O[C@H](C)CC(N)C2O)[C@](C)(OC)C[C@@H](C)CN[C@H](C)[C@@H]2[C@@H]1OC(=O)N2CCCCn1cc(-c2ccccn2)nn1. The molecule has 0 radical (unpaired) electrons. The summed E-state index contributed by atoms with van der Waals surface area (Å²) in [7, 11) is 1.55. The van der Waals surface area contributed by atoms with E-state index in [1.807, 2.05) is 52.1 Å². The third kappa shape index (κ3) is 10.2. The van der Waals surface area contributed by atoms with E-state index in [9.17, 15) is 19.5 Å². The van der Waals surface area contributed by atoms with Crippen molar-refractivity contribution in [3.63, 3.8) is 0 Å². The van der Waals surface area contributed by atoms with Gasteiger partial charge in [0.1, 0.15) is 30.1 Å². The zero-order valence-electron chi connectivity index (χ0n) is 31.8. The van der Waals surface area contributed by atoms with Crippen LogP contribution in [0.1, 0.15) is 79.6 Å². The number of nitrogens with two attached hydrogens (primary N) is 1. The maximum atomic E-state index is 13.5. The first-order valence-electron chi connectivity index (χ1n) is 18.8. The molecule has 11 atom stereocenters. The Kier molecular flexibility index (Phi) is 13.9. The predicted octanol–water partition coefficient (Wildman–Crippen LogP) is 2.61. The number of rotatable bonds is 10. The Labute approximate surface area is 311 Å². The van der Waals surface area contributed by atoms with E-state index in [2.05, 4.69) is 27.5 Å². The van der Waals surface area contributed by atoms with Crippen molar-refractivity contribution in [2.75, 3.05) is 20.2 Å². The van der Waals surface area contributed by atoms with Crippen molar-refractivity contribution in [1.29, 1.82) is 0 Å². The van der Waals surface area contributed by atoms with Crippen molar-refractivity contribution < 1.29 is 43.2 Å². The van der Waals surface area contributed by atoms with E-state index in [1.165, 1.54) is 0 Å². The molecule has 53 heavy (non-hydrogen) atoms. The second-order valence-corrected chi connectivity index (χ2v) is 15.0. The molecule has 2 aromatic heterocycles. The molecule has 2 aromatic rings. The fourth-order valence-corrected chi connectivity index (χ4v) is 7.66. The number of aliphatic hydroxyl groups is 1. The number of nitrogens with zero attached hydrogens (tertiary/aromatic N) is 5. The van der Waals surface area contributed by atoms with Crippen molar-refractivity contribution in [2.45, 2.75) is 147 Å². The van der Waals surface area contributed by atoms with E-state index in [-0.39, 0.29) is 24.5 Å². The number of aryl methyl sites for hydroxylation is 1. The first-order chi connectivity index (χ1) is 25.3. The van der Waals surface area contributed by atoms with Crippen LogP contribution in [0.15, 0.2) is 30.6 Å². The molecule has 5 heterocycles. The molecule has 0 saturated carbocycles. The lowest BCUT2D eigenvalue weighted by atomic mass is 9.84. The summed E-state index contributed by atoms with van der Waals surface area (Å²) in [5.74, 6) is -1.13. The molecule has 5 rings (SSSR count). The van der Waals surface area contributed by atoms with Gasteiger partial charge >= 0.3 is 12.1 Å². The van der Waals surface area contributed by atoms with Crippen LogP contribution in [0.25, 0.3) is 11.4 Å². The summed E-state index contributed by atoms with van der Waals surface area (Å²) in [6, 6.07) is 4.36. The number of cyclic esters (lactones) is 1. The fraction of sp³-hybridized carbons (Fsp3) is 0.730. The lowest BCUT2D eigenvalue weighted by molar-refractivity contribution is -0.282. The Morgan fingerprint density at radius 1 is 1.11 bits per heavy atom. The van der Waals surface area contributed by atoms with Gasteiger partial charge in [-0.15, -0.1) is 5.10 Å². The number of nitrogens with one attached hydrogen (secondary N) is 1. The van der Waals surface area contributed by atoms with Gasteiger partial charge in [0, 0.05) is 44.9 Å². The molecular formula is C37H57N7O9. The Bertz CT molecular complexity index is 1510. The molecule has 0 aliphatic carbocycles. The third-order valence-corrected chi connectivity index (χ3v) is 10.7. The van der Waals surface area contributed by atoms with Gasteiger partial charge in [-0.1, -0.05) is 25.1 Å². The summed E-state index contributed by atoms with van der Waals surface area (Å²) in [5.41, 5.74) is 6.60. The topological polar surface area (TPSA) is 202 Å². The van der Waals surface area contributed by atoms with Crippen LogP contribution in [0.5, 0.6) is 0 Å². The van der Waals surface area contributed by atoms with Gasteiger partial charge in [-0.3, -0.25) is 24.2 Å². The molecule has 294 valence electrons. The standard InChI is InChI=1S/C37H57N7O9/c1-7-29-34-32(44(36(48)53-34)15-11-10-14-43-21-28(41-42-43)27-12-8-9-13-39-27)24(4)40-20-22(2)19-37(5,49-6)30(17-25(45)18-31(46)51-29)52-35-33(47)26(38)16-23(3)50-35/h8-9,12-13,21-24,26,29-30,32-35,40,47H,7,10-11,14-20,38H2,1-6H3/t22-,23-,24-,26?,29-,30-,32-,33?,34-,35+,37-/m1/s1. The molecule has 2 unspecified atom stereocenters. The first-order valence-corrected chi connectivity index (χ1v) is 18.8. The van der Waals surface area contributed by atoms with Crippen molar-refractivity contribution >= 4 is 17.8 Å². The van der Waals surface area contributed by atoms with Crippen LogP contribution in [0.4, 0.5) is 4.79 Å². The van der Waals surface area contributed by atoms with Crippen molar-refractivity contribution in [3.8, 4) is 11.4 Å². The van der Waals surface area contributed by atoms with Crippen molar-refractivity contribution in [1.82, 2.24) is 30.2 Å². The molecule has 4 N–H and O–H groups in total. The molecule has 1 amide bonds. The predicted molar refractivity (Wildman–Crippen MR) is 192 cm³/mol. The number of hydrogen-bond acceptors (Lipinski definition) is 14. The number of pyridine rings is 1. The van der Waals surface area contributed by atoms with E-state index in [0.29, 0.717) is 51.0 Å². The number of methoxy groups -OCH3 is 1. The molecule has 16 heteroatoms. The molecule has 3 aliphatic heterocycles. The highest BCUT2D eigenvalue weighted by atomic mass is 16.7. The fourth-order valence-electron chi connectivity index (χ4n) is 7.66. The number of ketones is 1. The van der Waals surface area contributed by atoms with Crippen molar-refractivity contribution in [2.24, 2.45) is 11.7 Å². The van der Waals surface area contributed by atoms with Gasteiger partial charge in [0.05, 0.1) is 35.7 Å². The maximum Gasteiger partial charge on any atom is 0.410 e.